The van der Waals surface area contributed by atoms with Gasteiger partial charge in [0, 0.05) is 32.9 Å². The molecule has 6 N–H and O–H groups in total. The van der Waals surface area contributed by atoms with Crippen molar-refractivity contribution < 1.29 is 29.4 Å². The van der Waals surface area contributed by atoms with E-state index >= 15 is 0 Å². The number of urea groups is 2. The lowest BCUT2D eigenvalue weighted by Crippen LogP contribution is -2.74. The normalized spacial score (nSPS) is 13.5. The number of aliphatic hydroxyl groups is 2. The number of nitrogens with one attached hydrogen (secondary N) is 4. The molecule has 0 aliphatic carbocycles. The average molecular weight is 795 g/mol. The monoisotopic (exact) mass is 794 g/mol. The molecule has 4 aromatic rings. The molecule has 2 aromatic carbocycles. The number of rotatable bonds is 19. The molecule has 0 radical (unpaired) electrons. The summed E-state index contributed by atoms with van der Waals surface area (Å²) < 4.78 is 0. The second kappa shape index (κ2) is 21.6. The lowest BCUT2D eigenvalue weighted by atomic mass is 9.86. The molecule has 0 aliphatic heterocycles. The molecule has 14 heteroatoms. The first-order valence-corrected chi connectivity index (χ1v) is 19.6. The van der Waals surface area contributed by atoms with E-state index in [2.05, 4.69) is 31.2 Å². The Morgan fingerprint density at radius 2 is 1.03 bits per heavy atom. The van der Waals surface area contributed by atoms with Gasteiger partial charge in [0.1, 0.15) is 23.9 Å². The fraction of sp³-hybridized carbons (Fsp3) is 0.409. The molecular weight excluding hydrogens is 737 g/mol. The van der Waals surface area contributed by atoms with Gasteiger partial charge in [0.05, 0.1) is 30.6 Å². The number of benzene rings is 2. The van der Waals surface area contributed by atoms with Crippen molar-refractivity contribution in [2.75, 3.05) is 14.1 Å². The topological polar surface area (TPSA) is 189 Å². The first-order valence-electron chi connectivity index (χ1n) is 19.6. The standard InChI is InChI=1S/C44H58N8O6/c1-30(2)37(47-42(57)51(5)28-34-21-13-15-25-45-34)40(55)49-44(27-33-19-11-8-12-20-33,39(54)36(53)24-23-32-17-9-7-10-18-32)50-41(56)38(31(3)4)48-43(58)52(6)29-35-22-14-16-26-46-35/h7-22,25-26,30-31,36-39,53-54H,23-24,27-29H2,1-6H3,(H,47,57)(H,48,58)(H,49,55)(H,50,56)/t36?,37-,38-,39?/m0/s1. The quantitative estimate of drug-likeness (QED) is 0.0768. The minimum atomic E-state index is -2.04. The second-order valence-corrected chi connectivity index (χ2v) is 15.3. The van der Waals surface area contributed by atoms with Gasteiger partial charge in [-0.2, -0.15) is 0 Å². The van der Waals surface area contributed by atoms with Crippen molar-refractivity contribution in [1.82, 2.24) is 41.0 Å². The fourth-order valence-corrected chi connectivity index (χ4v) is 6.50. The van der Waals surface area contributed by atoms with E-state index in [9.17, 15) is 29.4 Å². The van der Waals surface area contributed by atoms with Crippen molar-refractivity contribution in [3.63, 3.8) is 0 Å². The van der Waals surface area contributed by atoms with Crippen molar-refractivity contribution in [1.29, 1.82) is 0 Å². The Morgan fingerprint density at radius 3 is 1.43 bits per heavy atom. The van der Waals surface area contributed by atoms with E-state index in [1.165, 1.54) is 9.80 Å². The number of aryl methyl sites for hydroxylation is 1. The van der Waals surface area contributed by atoms with Crippen molar-refractivity contribution in [3.8, 4) is 0 Å². The van der Waals surface area contributed by atoms with Gasteiger partial charge >= 0.3 is 12.1 Å². The molecule has 0 saturated heterocycles. The molecule has 2 unspecified atom stereocenters. The highest BCUT2D eigenvalue weighted by atomic mass is 16.3. The molecule has 14 nitrogen and oxygen atoms in total. The first kappa shape index (κ1) is 44.8. The zero-order chi connectivity index (χ0) is 42.2. The van der Waals surface area contributed by atoms with Gasteiger partial charge in [-0.1, -0.05) is 100 Å². The van der Waals surface area contributed by atoms with Gasteiger partial charge in [-0.3, -0.25) is 19.6 Å². The Labute approximate surface area is 341 Å². The Morgan fingerprint density at radius 1 is 0.621 bits per heavy atom. The molecule has 4 atom stereocenters. The summed E-state index contributed by atoms with van der Waals surface area (Å²) in [6.07, 6.45) is 0.350. The zero-order valence-corrected chi connectivity index (χ0v) is 34.2. The third-order valence-electron chi connectivity index (χ3n) is 9.86. The SMILES string of the molecule is CC(C)[C@H](NC(=O)N(C)Cc1ccccn1)C(=O)NC(Cc1ccccc1)(NC(=O)[C@@H](NC(=O)N(C)Cc1ccccn1)C(C)C)C(O)C(O)CCc1ccccc1. The highest BCUT2D eigenvalue weighted by Gasteiger charge is 2.47. The van der Waals surface area contributed by atoms with Crippen LogP contribution in [0.2, 0.25) is 0 Å². The number of hydrogen-bond donors (Lipinski definition) is 6. The average Bonchev–Trinajstić information content (AvgIpc) is 3.21. The molecule has 0 bridgehead atoms. The van der Waals surface area contributed by atoms with Crippen LogP contribution < -0.4 is 21.3 Å². The number of aliphatic hydroxyl groups excluding tert-OH is 2. The Balaban J connectivity index is 1.69. The molecular formula is C44H58N8O6. The number of nitrogens with zero attached hydrogens (tertiary/aromatic N) is 4. The predicted molar refractivity (Wildman–Crippen MR) is 222 cm³/mol. The maximum absolute atomic E-state index is 14.6. The number of carbonyl (C=O) groups is 4. The largest absolute Gasteiger partial charge is 0.390 e. The van der Waals surface area contributed by atoms with Crippen molar-refractivity contribution in [2.24, 2.45) is 11.8 Å². The van der Waals surface area contributed by atoms with Crippen LogP contribution in [-0.2, 0) is 35.5 Å². The molecule has 310 valence electrons. The smallest absolute Gasteiger partial charge is 0.318 e. The Kier molecular flexibility index (Phi) is 16.7. The summed E-state index contributed by atoms with van der Waals surface area (Å²) in [6, 6.07) is 25.7. The molecule has 6 amide bonds. The second-order valence-electron chi connectivity index (χ2n) is 15.3. The maximum Gasteiger partial charge on any atom is 0.318 e. The zero-order valence-electron chi connectivity index (χ0n) is 34.2. The van der Waals surface area contributed by atoms with Gasteiger partial charge in [-0.25, -0.2) is 9.59 Å². The lowest BCUT2D eigenvalue weighted by molar-refractivity contribution is -0.137. The van der Waals surface area contributed by atoms with Crippen LogP contribution in [0.15, 0.2) is 109 Å². The number of amides is 6. The highest BCUT2D eigenvalue weighted by Crippen LogP contribution is 2.23. The molecule has 0 saturated carbocycles. The number of aromatic nitrogens is 2. The van der Waals surface area contributed by atoms with Crippen LogP contribution in [0, 0.1) is 11.8 Å². The Hall–Kier alpha value is -5.86. The van der Waals surface area contributed by atoms with Crippen LogP contribution >= 0.6 is 0 Å². The van der Waals surface area contributed by atoms with Crippen molar-refractivity contribution >= 4 is 23.9 Å². The van der Waals surface area contributed by atoms with Crippen LogP contribution in [0.25, 0.3) is 0 Å². The molecule has 0 aliphatic rings. The van der Waals surface area contributed by atoms with Gasteiger partial charge in [0.2, 0.25) is 11.8 Å². The summed E-state index contributed by atoms with van der Waals surface area (Å²) in [5.74, 6) is -2.31. The molecule has 0 fully saturated rings. The van der Waals surface area contributed by atoms with E-state index in [0.717, 1.165) is 5.56 Å². The van der Waals surface area contributed by atoms with Gasteiger partial charge in [0.15, 0.2) is 0 Å². The molecule has 58 heavy (non-hydrogen) atoms. The van der Waals surface area contributed by atoms with Crippen LogP contribution in [0.4, 0.5) is 9.59 Å². The van der Waals surface area contributed by atoms with E-state index in [-0.39, 0.29) is 25.9 Å². The highest BCUT2D eigenvalue weighted by molar-refractivity contribution is 5.90. The van der Waals surface area contributed by atoms with Gasteiger partial charge in [0.25, 0.3) is 0 Å². The molecule has 4 rings (SSSR count). The summed E-state index contributed by atoms with van der Waals surface area (Å²) >= 11 is 0. The third-order valence-corrected chi connectivity index (χ3v) is 9.86. The van der Waals surface area contributed by atoms with Crippen LogP contribution in [0.1, 0.15) is 56.6 Å². The minimum Gasteiger partial charge on any atom is -0.390 e. The van der Waals surface area contributed by atoms with Crippen LogP contribution in [0.3, 0.4) is 0 Å². The first-order chi connectivity index (χ1) is 27.7. The van der Waals surface area contributed by atoms with Crippen molar-refractivity contribution in [2.45, 2.75) is 90.0 Å². The van der Waals surface area contributed by atoms with Gasteiger partial charge < -0.3 is 41.3 Å². The summed E-state index contributed by atoms with van der Waals surface area (Å²) in [5, 5.41) is 35.4. The maximum atomic E-state index is 14.6. The fourth-order valence-electron chi connectivity index (χ4n) is 6.50. The van der Waals surface area contributed by atoms with E-state index in [4.69, 9.17) is 0 Å². The minimum absolute atomic E-state index is 0.0821. The van der Waals surface area contributed by atoms with E-state index in [1.807, 2.05) is 48.5 Å². The summed E-state index contributed by atoms with van der Waals surface area (Å²) in [6.45, 7) is 7.40. The summed E-state index contributed by atoms with van der Waals surface area (Å²) in [4.78, 5) is 67.5. The third kappa shape index (κ3) is 13.1. The molecule has 2 heterocycles. The van der Waals surface area contributed by atoms with E-state index in [0.29, 0.717) is 23.4 Å². The molecule has 0 spiro atoms. The number of carbonyl (C=O) groups excluding carboxylic acids is 4. The van der Waals surface area contributed by atoms with E-state index < -0.39 is 65.7 Å². The van der Waals surface area contributed by atoms with Crippen LogP contribution in [0.5, 0.6) is 0 Å². The van der Waals surface area contributed by atoms with Gasteiger partial charge in [-0.15, -0.1) is 0 Å². The van der Waals surface area contributed by atoms with Gasteiger partial charge in [-0.05, 0) is 60.1 Å². The predicted octanol–water partition coefficient (Wildman–Crippen LogP) is 4.03. The van der Waals surface area contributed by atoms with Crippen molar-refractivity contribution in [3.05, 3.63) is 132 Å². The number of pyridine rings is 2. The van der Waals surface area contributed by atoms with E-state index in [1.54, 1.807) is 103 Å². The lowest BCUT2D eigenvalue weighted by Gasteiger charge is -2.43. The number of hydrogen-bond acceptors (Lipinski definition) is 8. The molecule has 2 aromatic heterocycles. The van der Waals surface area contributed by atoms with Crippen LogP contribution in [-0.4, -0.2) is 97.9 Å². The summed E-state index contributed by atoms with van der Waals surface area (Å²) in [7, 11) is 3.17. The Bertz CT molecular complexity index is 1800. The summed E-state index contributed by atoms with van der Waals surface area (Å²) in [5.41, 5.74) is 0.805.